The van der Waals surface area contributed by atoms with Gasteiger partial charge in [-0.15, -0.1) is 0 Å². The molecule has 0 saturated carbocycles. The van der Waals surface area contributed by atoms with Crippen molar-refractivity contribution in [3.63, 3.8) is 0 Å². The molecule has 1 heterocycles. The summed E-state index contributed by atoms with van der Waals surface area (Å²) in [5.41, 5.74) is 0.0106. The predicted octanol–water partition coefficient (Wildman–Crippen LogP) is 1.89. The fourth-order valence-electron chi connectivity index (χ4n) is 2.01. The van der Waals surface area contributed by atoms with Gasteiger partial charge in [-0.25, -0.2) is 0 Å². The van der Waals surface area contributed by atoms with Crippen molar-refractivity contribution < 1.29 is 9.84 Å². The quantitative estimate of drug-likeness (QED) is 0.835. The highest BCUT2D eigenvalue weighted by Crippen LogP contribution is 2.39. The van der Waals surface area contributed by atoms with Crippen molar-refractivity contribution in [3.05, 3.63) is 23.8 Å². The highest BCUT2D eigenvalue weighted by atomic mass is 16.5. The van der Waals surface area contributed by atoms with Gasteiger partial charge in [-0.2, -0.15) is 5.26 Å². The summed E-state index contributed by atoms with van der Waals surface area (Å²) in [5, 5.41) is 22.1. The zero-order valence-corrected chi connectivity index (χ0v) is 10.0. The molecule has 0 spiro atoms. The summed E-state index contributed by atoms with van der Waals surface area (Å²) in [6.45, 7) is 4.39. The second-order valence-corrected chi connectivity index (χ2v) is 4.44. The molecule has 0 bridgehead atoms. The van der Waals surface area contributed by atoms with Crippen LogP contribution in [0.3, 0.4) is 0 Å². The molecule has 2 atom stereocenters. The minimum atomic E-state index is -0.793. The van der Waals surface area contributed by atoms with Crippen molar-refractivity contribution in [1.29, 1.82) is 5.26 Å². The van der Waals surface area contributed by atoms with E-state index in [4.69, 9.17) is 4.74 Å². The lowest BCUT2D eigenvalue weighted by Crippen LogP contribution is -2.47. The number of hydrogen-bond acceptors (Lipinski definition) is 4. The molecule has 2 unspecified atom stereocenters. The number of benzene rings is 1. The monoisotopic (exact) mass is 232 g/mol. The average Bonchev–Trinajstić information content (AvgIpc) is 2.68. The van der Waals surface area contributed by atoms with Gasteiger partial charge in [0.05, 0.1) is 6.07 Å². The number of aromatic hydroxyl groups is 1. The third-order valence-electron chi connectivity index (χ3n) is 3.17. The molecule has 1 aromatic carbocycles. The van der Waals surface area contributed by atoms with E-state index in [1.165, 1.54) is 0 Å². The Kier molecular flexibility index (Phi) is 2.95. The zero-order valence-electron chi connectivity index (χ0n) is 10.0. The lowest BCUT2D eigenvalue weighted by Gasteiger charge is -2.25. The molecule has 1 aromatic rings. The second kappa shape index (κ2) is 4.27. The molecule has 0 fully saturated rings. The van der Waals surface area contributed by atoms with Gasteiger partial charge in [-0.1, -0.05) is 6.92 Å². The van der Waals surface area contributed by atoms with Crippen molar-refractivity contribution >= 4 is 0 Å². The number of nitrogens with zero attached hydrogens (tertiary/aromatic N) is 1. The Bertz CT molecular complexity index is 467. The van der Waals surface area contributed by atoms with Gasteiger partial charge in [0.1, 0.15) is 18.1 Å². The molecule has 2 N–H and O–H groups in total. The van der Waals surface area contributed by atoms with E-state index in [0.29, 0.717) is 5.75 Å². The van der Waals surface area contributed by atoms with E-state index in [1.54, 1.807) is 18.2 Å². The lowest BCUT2D eigenvalue weighted by atomic mass is 9.92. The molecule has 0 saturated heterocycles. The van der Waals surface area contributed by atoms with Gasteiger partial charge in [0.2, 0.25) is 0 Å². The van der Waals surface area contributed by atoms with Crippen LogP contribution in [0.1, 0.15) is 25.8 Å². The fraction of sp³-hybridized carbons (Fsp3) is 0.462. The molecular formula is C13H16N2O2. The number of ether oxygens (including phenoxy) is 1. The molecule has 4 nitrogen and oxygen atoms in total. The first kappa shape index (κ1) is 11.7. The summed E-state index contributed by atoms with van der Waals surface area (Å²) in [6.07, 6.45) is 0.941. The number of nitriles is 1. The van der Waals surface area contributed by atoms with E-state index in [1.807, 2.05) is 6.92 Å². The van der Waals surface area contributed by atoms with Gasteiger partial charge in [0.15, 0.2) is 5.54 Å². The standard InChI is InChI=1S/C13H16N2O2/c1-3-9(2)15-13(7-14)8-17-12-6-10(16)4-5-11(12)13/h4-6,9,15-16H,3,8H2,1-2H3. The van der Waals surface area contributed by atoms with Gasteiger partial charge in [-0.05, 0) is 25.5 Å². The van der Waals surface area contributed by atoms with Crippen LogP contribution in [0.5, 0.6) is 11.5 Å². The number of phenolic OH excluding ortho intramolecular Hbond substituents is 1. The molecule has 0 aliphatic carbocycles. The van der Waals surface area contributed by atoms with Crippen LogP contribution in [0.2, 0.25) is 0 Å². The Morgan fingerprint density at radius 1 is 1.65 bits per heavy atom. The molecule has 2 rings (SSSR count). The van der Waals surface area contributed by atoms with Gasteiger partial charge >= 0.3 is 0 Å². The Labute approximate surface area is 101 Å². The third-order valence-corrected chi connectivity index (χ3v) is 3.17. The Hall–Kier alpha value is -1.73. The van der Waals surface area contributed by atoms with Crippen LogP contribution in [-0.2, 0) is 5.54 Å². The van der Waals surface area contributed by atoms with Crippen molar-refractivity contribution in [3.8, 4) is 17.6 Å². The van der Waals surface area contributed by atoms with Crippen molar-refractivity contribution in [2.24, 2.45) is 0 Å². The first-order valence-electron chi connectivity index (χ1n) is 5.76. The van der Waals surface area contributed by atoms with Gasteiger partial charge in [-0.3, -0.25) is 5.32 Å². The van der Waals surface area contributed by atoms with Crippen LogP contribution in [-0.4, -0.2) is 17.8 Å². The molecule has 0 aromatic heterocycles. The molecule has 1 aliphatic heterocycles. The van der Waals surface area contributed by atoms with Gasteiger partial charge < -0.3 is 9.84 Å². The molecule has 0 radical (unpaired) electrons. The third kappa shape index (κ3) is 1.94. The van der Waals surface area contributed by atoms with Gasteiger partial charge in [0.25, 0.3) is 0 Å². The summed E-state index contributed by atoms with van der Waals surface area (Å²) in [6, 6.07) is 7.41. The van der Waals surface area contributed by atoms with Crippen molar-refractivity contribution in [2.75, 3.05) is 6.61 Å². The summed E-state index contributed by atoms with van der Waals surface area (Å²) < 4.78 is 5.49. The molecular weight excluding hydrogens is 216 g/mol. The van der Waals surface area contributed by atoms with Crippen LogP contribution in [0.25, 0.3) is 0 Å². The summed E-state index contributed by atoms with van der Waals surface area (Å²) in [4.78, 5) is 0. The van der Waals surface area contributed by atoms with E-state index in [2.05, 4.69) is 18.3 Å². The lowest BCUT2D eigenvalue weighted by molar-refractivity contribution is 0.255. The topological polar surface area (TPSA) is 65.3 Å². The largest absolute Gasteiger partial charge is 0.508 e. The summed E-state index contributed by atoms with van der Waals surface area (Å²) in [5.74, 6) is 0.739. The molecule has 90 valence electrons. The van der Waals surface area contributed by atoms with E-state index in [-0.39, 0.29) is 18.4 Å². The second-order valence-electron chi connectivity index (χ2n) is 4.44. The smallest absolute Gasteiger partial charge is 0.170 e. The number of hydrogen-bond donors (Lipinski definition) is 2. The first-order valence-corrected chi connectivity index (χ1v) is 5.76. The summed E-state index contributed by atoms with van der Waals surface area (Å²) >= 11 is 0. The Morgan fingerprint density at radius 2 is 2.41 bits per heavy atom. The zero-order chi connectivity index (χ0) is 12.5. The van der Waals surface area contributed by atoms with E-state index >= 15 is 0 Å². The highest BCUT2D eigenvalue weighted by molar-refractivity contribution is 5.50. The maximum Gasteiger partial charge on any atom is 0.170 e. The first-order chi connectivity index (χ1) is 8.11. The number of nitrogens with one attached hydrogen (secondary N) is 1. The SMILES string of the molecule is CCC(C)NC1(C#N)COc2cc(O)ccc21. The van der Waals surface area contributed by atoms with Crippen LogP contribution in [0, 0.1) is 11.3 Å². The minimum Gasteiger partial charge on any atom is -0.508 e. The van der Waals surface area contributed by atoms with Crippen LogP contribution in [0.15, 0.2) is 18.2 Å². The number of rotatable bonds is 3. The predicted molar refractivity (Wildman–Crippen MR) is 63.8 cm³/mol. The average molecular weight is 232 g/mol. The maximum atomic E-state index is 9.42. The normalized spacial score (nSPS) is 23.6. The molecule has 17 heavy (non-hydrogen) atoms. The maximum absolute atomic E-state index is 9.42. The van der Waals surface area contributed by atoms with Gasteiger partial charge in [0, 0.05) is 17.7 Å². The van der Waals surface area contributed by atoms with Crippen LogP contribution < -0.4 is 10.1 Å². The summed E-state index contributed by atoms with van der Waals surface area (Å²) in [7, 11) is 0. The molecule has 0 amide bonds. The van der Waals surface area contributed by atoms with Crippen molar-refractivity contribution in [1.82, 2.24) is 5.32 Å². The minimum absolute atomic E-state index is 0.154. The van der Waals surface area contributed by atoms with E-state index < -0.39 is 5.54 Å². The van der Waals surface area contributed by atoms with Crippen molar-refractivity contribution in [2.45, 2.75) is 31.8 Å². The Balaban J connectivity index is 2.38. The molecule has 4 heteroatoms. The number of phenols is 1. The van der Waals surface area contributed by atoms with Crippen LogP contribution >= 0.6 is 0 Å². The number of fused-ring (bicyclic) bond motifs is 1. The van der Waals surface area contributed by atoms with Crippen LogP contribution in [0.4, 0.5) is 0 Å². The fourth-order valence-corrected chi connectivity index (χ4v) is 2.01. The highest BCUT2D eigenvalue weighted by Gasteiger charge is 2.41. The van der Waals surface area contributed by atoms with E-state index in [9.17, 15) is 10.4 Å². The van der Waals surface area contributed by atoms with E-state index in [0.717, 1.165) is 12.0 Å². The Morgan fingerprint density at radius 3 is 3.06 bits per heavy atom. The molecule has 1 aliphatic rings.